The average Bonchev–Trinajstić information content (AvgIpc) is 3.08. The van der Waals surface area contributed by atoms with E-state index in [1.807, 2.05) is 23.6 Å². The summed E-state index contributed by atoms with van der Waals surface area (Å²) >= 11 is 0. The summed E-state index contributed by atoms with van der Waals surface area (Å²) in [5.41, 5.74) is 2.18. The largest absolute Gasteiger partial charge is 0.334 e. The standard InChI is InChI=1S/C14H19N5O/c1-10-8-11(2)19(16-10)12-4-6-18(9-12)14(20)13-15-5-7-17(13)3/h5,7-8,12H,4,6,9H2,1-3H3/t12-/m1/s1. The van der Waals surface area contributed by atoms with Crippen LogP contribution in [-0.4, -0.2) is 43.2 Å². The van der Waals surface area contributed by atoms with Crippen LogP contribution in [0.3, 0.4) is 0 Å². The molecule has 0 unspecified atom stereocenters. The van der Waals surface area contributed by atoms with Crippen molar-refractivity contribution < 1.29 is 4.79 Å². The van der Waals surface area contributed by atoms with Gasteiger partial charge in [-0.15, -0.1) is 0 Å². The van der Waals surface area contributed by atoms with E-state index in [4.69, 9.17) is 0 Å². The maximum absolute atomic E-state index is 12.4. The van der Waals surface area contributed by atoms with Crippen LogP contribution in [0.4, 0.5) is 0 Å². The smallest absolute Gasteiger partial charge is 0.289 e. The molecule has 1 aliphatic heterocycles. The monoisotopic (exact) mass is 273 g/mol. The van der Waals surface area contributed by atoms with Crippen molar-refractivity contribution in [2.45, 2.75) is 26.3 Å². The van der Waals surface area contributed by atoms with Crippen LogP contribution >= 0.6 is 0 Å². The van der Waals surface area contributed by atoms with E-state index in [9.17, 15) is 4.79 Å². The number of aryl methyl sites for hydroxylation is 3. The summed E-state index contributed by atoms with van der Waals surface area (Å²) in [6.07, 6.45) is 4.39. The van der Waals surface area contributed by atoms with Crippen LogP contribution in [0.2, 0.25) is 0 Å². The van der Waals surface area contributed by atoms with Gasteiger partial charge in [-0.2, -0.15) is 5.10 Å². The number of carbonyl (C=O) groups excluding carboxylic acids is 1. The minimum Gasteiger partial charge on any atom is -0.334 e. The fraction of sp³-hybridized carbons (Fsp3) is 0.500. The van der Waals surface area contributed by atoms with Crippen LogP contribution in [0.1, 0.15) is 34.5 Å². The maximum atomic E-state index is 12.4. The second kappa shape index (κ2) is 4.77. The summed E-state index contributed by atoms with van der Waals surface area (Å²) in [5.74, 6) is 0.501. The first-order valence-corrected chi connectivity index (χ1v) is 6.85. The van der Waals surface area contributed by atoms with Gasteiger partial charge in [-0.1, -0.05) is 0 Å². The van der Waals surface area contributed by atoms with Gasteiger partial charge in [0.2, 0.25) is 0 Å². The number of amides is 1. The molecule has 0 N–H and O–H groups in total. The molecule has 0 bridgehead atoms. The highest BCUT2D eigenvalue weighted by Crippen LogP contribution is 2.24. The van der Waals surface area contributed by atoms with Gasteiger partial charge in [0.15, 0.2) is 5.82 Å². The van der Waals surface area contributed by atoms with Crippen LogP contribution < -0.4 is 0 Å². The minimum atomic E-state index is 0.00142. The number of imidazole rings is 1. The lowest BCUT2D eigenvalue weighted by molar-refractivity contribution is 0.0771. The van der Waals surface area contributed by atoms with E-state index in [2.05, 4.69) is 23.1 Å². The van der Waals surface area contributed by atoms with E-state index < -0.39 is 0 Å². The molecule has 1 fully saturated rings. The van der Waals surface area contributed by atoms with Crippen LogP contribution in [-0.2, 0) is 7.05 Å². The Morgan fingerprint density at radius 2 is 2.20 bits per heavy atom. The Bertz CT molecular complexity index is 642. The predicted octanol–water partition coefficient (Wildman–Crippen LogP) is 1.32. The van der Waals surface area contributed by atoms with Crippen LogP contribution in [0.5, 0.6) is 0 Å². The Balaban J connectivity index is 1.76. The van der Waals surface area contributed by atoms with E-state index in [-0.39, 0.29) is 11.9 Å². The summed E-state index contributed by atoms with van der Waals surface area (Å²) in [7, 11) is 1.84. The Morgan fingerprint density at radius 1 is 1.40 bits per heavy atom. The van der Waals surface area contributed by atoms with E-state index >= 15 is 0 Å². The molecule has 2 aromatic rings. The topological polar surface area (TPSA) is 56.0 Å². The molecule has 0 aliphatic carbocycles. The zero-order chi connectivity index (χ0) is 14.3. The van der Waals surface area contributed by atoms with Crippen molar-refractivity contribution in [3.8, 4) is 0 Å². The number of aromatic nitrogens is 4. The number of carbonyl (C=O) groups is 1. The molecule has 0 aromatic carbocycles. The molecule has 1 saturated heterocycles. The maximum Gasteiger partial charge on any atom is 0.289 e. The molecule has 6 nitrogen and oxygen atoms in total. The Labute approximate surface area is 118 Å². The molecule has 1 amide bonds. The molecule has 0 saturated carbocycles. The van der Waals surface area contributed by atoms with Gasteiger partial charge < -0.3 is 9.47 Å². The highest BCUT2D eigenvalue weighted by atomic mass is 16.2. The Morgan fingerprint density at radius 3 is 2.80 bits per heavy atom. The third-order valence-electron chi connectivity index (χ3n) is 3.85. The van der Waals surface area contributed by atoms with Gasteiger partial charge in [-0.25, -0.2) is 4.98 Å². The molecule has 106 valence electrons. The lowest BCUT2D eigenvalue weighted by Gasteiger charge is -2.17. The van der Waals surface area contributed by atoms with Crippen LogP contribution in [0, 0.1) is 13.8 Å². The minimum absolute atomic E-state index is 0.00142. The molecule has 3 rings (SSSR count). The Kier molecular flexibility index (Phi) is 3.08. The quantitative estimate of drug-likeness (QED) is 0.829. The summed E-state index contributed by atoms with van der Waals surface area (Å²) < 4.78 is 3.81. The zero-order valence-electron chi connectivity index (χ0n) is 12.1. The van der Waals surface area contributed by atoms with Crippen LogP contribution in [0.25, 0.3) is 0 Å². The van der Waals surface area contributed by atoms with Crippen LogP contribution in [0.15, 0.2) is 18.5 Å². The normalized spacial score (nSPS) is 18.8. The van der Waals surface area contributed by atoms with Gasteiger partial charge in [-0.05, 0) is 26.3 Å². The molecule has 0 radical (unpaired) electrons. The zero-order valence-corrected chi connectivity index (χ0v) is 12.1. The molecular formula is C14H19N5O. The molecule has 1 aliphatic rings. The SMILES string of the molecule is Cc1cc(C)n([C@@H]2CCN(C(=O)c3nccn3C)C2)n1. The predicted molar refractivity (Wildman–Crippen MR) is 74.5 cm³/mol. The van der Waals surface area contributed by atoms with Crippen molar-refractivity contribution >= 4 is 5.91 Å². The van der Waals surface area contributed by atoms with E-state index in [0.717, 1.165) is 24.4 Å². The number of rotatable bonds is 2. The fourth-order valence-electron chi connectivity index (χ4n) is 2.85. The van der Waals surface area contributed by atoms with E-state index in [1.54, 1.807) is 17.0 Å². The van der Waals surface area contributed by atoms with Gasteiger partial charge in [0, 0.05) is 38.2 Å². The molecule has 0 spiro atoms. The third kappa shape index (κ3) is 2.11. The van der Waals surface area contributed by atoms with Crippen molar-refractivity contribution in [3.63, 3.8) is 0 Å². The number of nitrogens with zero attached hydrogens (tertiary/aromatic N) is 5. The number of likely N-dealkylation sites (tertiary alicyclic amines) is 1. The summed E-state index contributed by atoms with van der Waals surface area (Å²) in [6, 6.07) is 2.34. The third-order valence-corrected chi connectivity index (χ3v) is 3.85. The van der Waals surface area contributed by atoms with Crippen molar-refractivity contribution in [1.29, 1.82) is 0 Å². The average molecular weight is 273 g/mol. The van der Waals surface area contributed by atoms with E-state index in [1.165, 1.54) is 0 Å². The molecule has 2 aromatic heterocycles. The molecule has 1 atom stereocenters. The van der Waals surface area contributed by atoms with Crippen molar-refractivity contribution in [2.75, 3.05) is 13.1 Å². The van der Waals surface area contributed by atoms with Gasteiger partial charge in [0.1, 0.15) is 0 Å². The molecule has 3 heterocycles. The molecule has 6 heteroatoms. The highest BCUT2D eigenvalue weighted by Gasteiger charge is 2.30. The fourth-order valence-corrected chi connectivity index (χ4v) is 2.85. The van der Waals surface area contributed by atoms with Gasteiger partial charge in [-0.3, -0.25) is 9.48 Å². The second-order valence-corrected chi connectivity index (χ2v) is 5.43. The Hall–Kier alpha value is -2.11. The second-order valence-electron chi connectivity index (χ2n) is 5.43. The molecule has 20 heavy (non-hydrogen) atoms. The van der Waals surface area contributed by atoms with Crippen molar-refractivity contribution in [2.24, 2.45) is 7.05 Å². The highest BCUT2D eigenvalue weighted by molar-refractivity contribution is 5.91. The van der Waals surface area contributed by atoms with Gasteiger partial charge in [0.05, 0.1) is 11.7 Å². The number of hydrogen-bond acceptors (Lipinski definition) is 3. The first-order valence-electron chi connectivity index (χ1n) is 6.85. The lowest BCUT2D eigenvalue weighted by Crippen LogP contribution is -2.31. The first kappa shape index (κ1) is 12.9. The summed E-state index contributed by atoms with van der Waals surface area (Å²) in [6.45, 7) is 5.51. The van der Waals surface area contributed by atoms with Crippen molar-refractivity contribution in [1.82, 2.24) is 24.2 Å². The first-order chi connectivity index (χ1) is 9.56. The number of hydrogen-bond donors (Lipinski definition) is 0. The summed E-state index contributed by atoms with van der Waals surface area (Å²) in [4.78, 5) is 18.4. The molecular weight excluding hydrogens is 254 g/mol. The van der Waals surface area contributed by atoms with Gasteiger partial charge in [0.25, 0.3) is 5.91 Å². The summed E-state index contributed by atoms with van der Waals surface area (Å²) in [5, 5.41) is 4.52. The van der Waals surface area contributed by atoms with E-state index in [0.29, 0.717) is 12.4 Å². The lowest BCUT2D eigenvalue weighted by atomic mass is 10.2. The van der Waals surface area contributed by atoms with Gasteiger partial charge >= 0.3 is 0 Å². The van der Waals surface area contributed by atoms with Crippen molar-refractivity contribution in [3.05, 3.63) is 35.7 Å².